The standard InChI is InChI=1S/C13H22O/c1-10-5-4-6-13(8-10)9-11(2)7-12(3)14-13/h11-12H,1,4-9H2,2-3H3/t11-,12-,13-/m1/s1. The lowest BCUT2D eigenvalue weighted by molar-refractivity contribution is -0.145. The van der Waals surface area contributed by atoms with Gasteiger partial charge in [0.15, 0.2) is 0 Å². The second kappa shape index (κ2) is 3.69. The van der Waals surface area contributed by atoms with E-state index in [2.05, 4.69) is 20.4 Å². The lowest BCUT2D eigenvalue weighted by Crippen LogP contribution is -2.44. The van der Waals surface area contributed by atoms with Gasteiger partial charge in [0, 0.05) is 0 Å². The minimum Gasteiger partial charge on any atom is -0.372 e. The first-order valence-electron chi connectivity index (χ1n) is 5.94. The van der Waals surface area contributed by atoms with Crippen LogP contribution in [0.5, 0.6) is 0 Å². The third-order valence-corrected chi connectivity index (χ3v) is 3.64. The maximum Gasteiger partial charge on any atom is 0.0725 e. The molecule has 3 atom stereocenters. The number of hydrogen-bond donors (Lipinski definition) is 0. The van der Waals surface area contributed by atoms with Gasteiger partial charge in [-0.15, -0.1) is 0 Å². The predicted octanol–water partition coefficient (Wildman–Crippen LogP) is 3.69. The molecule has 2 rings (SSSR count). The van der Waals surface area contributed by atoms with E-state index in [9.17, 15) is 0 Å². The molecule has 1 heterocycles. The van der Waals surface area contributed by atoms with E-state index in [0.29, 0.717) is 6.10 Å². The van der Waals surface area contributed by atoms with Gasteiger partial charge in [-0.3, -0.25) is 0 Å². The van der Waals surface area contributed by atoms with Crippen molar-refractivity contribution in [2.24, 2.45) is 5.92 Å². The van der Waals surface area contributed by atoms with E-state index in [1.807, 2.05) is 0 Å². The second-order valence-corrected chi connectivity index (χ2v) is 5.44. The first-order valence-corrected chi connectivity index (χ1v) is 5.94. The molecule has 2 fully saturated rings. The van der Waals surface area contributed by atoms with Gasteiger partial charge in [0.2, 0.25) is 0 Å². The van der Waals surface area contributed by atoms with Crippen molar-refractivity contribution in [3.05, 3.63) is 12.2 Å². The normalized spacial score (nSPS) is 44.3. The molecule has 0 aromatic rings. The average Bonchev–Trinajstić information content (AvgIpc) is 1.99. The Balaban J connectivity index is 2.09. The van der Waals surface area contributed by atoms with Crippen molar-refractivity contribution in [3.63, 3.8) is 0 Å². The van der Waals surface area contributed by atoms with Crippen LogP contribution < -0.4 is 0 Å². The highest BCUT2D eigenvalue weighted by Crippen LogP contribution is 2.43. The van der Waals surface area contributed by atoms with E-state index >= 15 is 0 Å². The van der Waals surface area contributed by atoms with Crippen LogP contribution in [0.4, 0.5) is 0 Å². The maximum atomic E-state index is 6.19. The molecule has 1 nitrogen and oxygen atoms in total. The molecule has 14 heavy (non-hydrogen) atoms. The van der Waals surface area contributed by atoms with Crippen molar-refractivity contribution in [2.45, 2.75) is 64.1 Å². The Morgan fingerprint density at radius 3 is 2.86 bits per heavy atom. The van der Waals surface area contributed by atoms with Gasteiger partial charge < -0.3 is 4.74 Å². The van der Waals surface area contributed by atoms with Crippen molar-refractivity contribution >= 4 is 0 Å². The van der Waals surface area contributed by atoms with Crippen molar-refractivity contribution in [2.75, 3.05) is 0 Å². The summed E-state index contributed by atoms with van der Waals surface area (Å²) in [5.41, 5.74) is 1.57. The van der Waals surface area contributed by atoms with Gasteiger partial charge in [-0.2, -0.15) is 0 Å². The summed E-state index contributed by atoms with van der Waals surface area (Å²) in [6.45, 7) is 8.71. The van der Waals surface area contributed by atoms with E-state index in [1.54, 1.807) is 0 Å². The Morgan fingerprint density at radius 1 is 1.43 bits per heavy atom. The van der Waals surface area contributed by atoms with Crippen molar-refractivity contribution in [3.8, 4) is 0 Å². The van der Waals surface area contributed by atoms with Crippen LogP contribution in [-0.2, 0) is 4.74 Å². The lowest BCUT2D eigenvalue weighted by atomic mass is 9.74. The van der Waals surface area contributed by atoms with Crippen LogP contribution in [0.25, 0.3) is 0 Å². The third kappa shape index (κ3) is 2.03. The predicted molar refractivity (Wildman–Crippen MR) is 59.3 cm³/mol. The van der Waals surface area contributed by atoms with Gasteiger partial charge in [-0.1, -0.05) is 19.1 Å². The Bertz CT molecular complexity index is 221. The monoisotopic (exact) mass is 194 g/mol. The zero-order chi connectivity index (χ0) is 10.2. The van der Waals surface area contributed by atoms with Crippen molar-refractivity contribution in [1.82, 2.24) is 0 Å². The van der Waals surface area contributed by atoms with E-state index in [-0.39, 0.29) is 5.60 Å². The van der Waals surface area contributed by atoms with Crippen LogP contribution in [0.15, 0.2) is 12.2 Å². The van der Waals surface area contributed by atoms with Crippen LogP contribution in [0, 0.1) is 5.92 Å². The molecule has 0 aromatic carbocycles. The zero-order valence-electron chi connectivity index (χ0n) is 9.51. The summed E-state index contributed by atoms with van der Waals surface area (Å²) >= 11 is 0. The van der Waals surface area contributed by atoms with Gasteiger partial charge in [-0.05, 0) is 51.4 Å². The van der Waals surface area contributed by atoms with Crippen molar-refractivity contribution < 1.29 is 4.74 Å². The van der Waals surface area contributed by atoms with E-state index < -0.39 is 0 Å². The molecule has 1 saturated heterocycles. The fraction of sp³-hybridized carbons (Fsp3) is 0.846. The van der Waals surface area contributed by atoms with Gasteiger partial charge in [-0.25, -0.2) is 0 Å². The Hall–Kier alpha value is -0.300. The minimum atomic E-state index is 0.173. The Morgan fingerprint density at radius 2 is 2.21 bits per heavy atom. The number of ether oxygens (including phenoxy) is 1. The number of rotatable bonds is 0. The maximum absolute atomic E-state index is 6.19. The summed E-state index contributed by atoms with van der Waals surface area (Å²) < 4.78 is 6.19. The quantitative estimate of drug-likeness (QED) is 0.534. The molecule has 1 saturated carbocycles. The van der Waals surface area contributed by atoms with E-state index in [0.717, 1.165) is 12.3 Å². The molecule has 0 aromatic heterocycles. The molecule has 0 bridgehead atoms. The summed E-state index contributed by atoms with van der Waals surface area (Å²) in [4.78, 5) is 0. The Labute approximate surface area is 87.5 Å². The van der Waals surface area contributed by atoms with Gasteiger partial charge >= 0.3 is 0 Å². The molecule has 1 aliphatic heterocycles. The van der Waals surface area contributed by atoms with Gasteiger partial charge in [0.1, 0.15) is 0 Å². The van der Waals surface area contributed by atoms with Crippen LogP contribution >= 0.6 is 0 Å². The molecule has 0 N–H and O–H groups in total. The third-order valence-electron chi connectivity index (χ3n) is 3.64. The van der Waals surface area contributed by atoms with E-state index in [1.165, 1.54) is 37.7 Å². The molecule has 1 aliphatic carbocycles. The summed E-state index contributed by atoms with van der Waals surface area (Å²) in [5, 5.41) is 0. The smallest absolute Gasteiger partial charge is 0.0725 e. The number of hydrogen-bond acceptors (Lipinski definition) is 1. The molecule has 0 unspecified atom stereocenters. The zero-order valence-corrected chi connectivity index (χ0v) is 9.51. The van der Waals surface area contributed by atoms with Crippen LogP contribution in [0.3, 0.4) is 0 Å². The first kappa shape index (κ1) is 10.2. The molecule has 1 spiro atoms. The second-order valence-electron chi connectivity index (χ2n) is 5.44. The summed E-state index contributed by atoms with van der Waals surface area (Å²) in [5.74, 6) is 0.824. The lowest BCUT2D eigenvalue weighted by Gasteiger charge is -2.46. The molecule has 1 heteroatoms. The Kier molecular flexibility index (Phi) is 2.70. The van der Waals surface area contributed by atoms with Crippen LogP contribution in [0.2, 0.25) is 0 Å². The fourth-order valence-electron chi connectivity index (χ4n) is 3.38. The highest BCUT2D eigenvalue weighted by atomic mass is 16.5. The largest absolute Gasteiger partial charge is 0.372 e. The van der Waals surface area contributed by atoms with Crippen LogP contribution in [0.1, 0.15) is 52.4 Å². The highest BCUT2D eigenvalue weighted by molar-refractivity contribution is 5.07. The van der Waals surface area contributed by atoms with Gasteiger partial charge in [0.25, 0.3) is 0 Å². The van der Waals surface area contributed by atoms with Crippen LogP contribution in [-0.4, -0.2) is 11.7 Å². The summed E-state index contributed by atoms with van der Waals surface area (Å²) in [6, 6.07) is 0. The fourth-order valence-corrected chi connectivity index (χ4v) is 3.38. The van der Waals surface area contributed by atoms with Gasteiger partial charge in [0.05, 0.1) is 11.7 Å². The SMILES string of the molecule is C=C1CCC[C@@]2(C1)C[C@H](C)C[C@@H](C)O2. The highest BCUT2D eigenvalue weighted by Gasteiger charge is 2.40. The topological polar surface area (TPSA) is 9.23 Å². The summed E-state index contributed by atoms with van der Waals surface area (Å²) in [6.07, 6.45) is 7.78. The molecule has 0 amide bonds. The minimum absolute atomic E-state index is 0.173. The van der Waals surface area contributed by atoms with Crippen molar-refractivity contribution in [1.29, 1.82) is 0 Å². The molecule has 0 radical (unpaired) electrons. The molecule has 2 aliphatic rings. The summed E-state index contributed by atoms with van der Waals surface area (Å²) in [7, 11) is 0. The van der Waals surface area contributed by atoms with E-state index in [4.69, 9.17) is 4.74 Å². The first-order chi connectivity index (χ1) is 6.60. The average molecular weight is 194 g/mol. The molecular weight excluding hydrogens is 172 g/mol. The molecular formula is C13H22O. The molecule has 80 valence electrons.